The summed E-state index contributed by atoms with van der Waals surface area (Å²) in [6.45, 7) is 1.29. The van der Waals surface area contributed by atoms with Crippen LogP contribution in [0.3, 0.4) is 0 Å². The van der Waals surface area contributed by atoms with E-state index in [4.69, 9.17) is 0 Å². The van der Waals surface area contributed by atoms with Crippen LogP contribution in [0.5, 0.6) is 0 Å². The summed E-state index contributed by atoms with van der Waals surface area (Å²) in [5.41, 5.74) is -0.521. The minimum absolute atomic E-state index is 0.0356. The molecule has 1 fully saturated rings. The lowest BCUT2D eigenvalue weighted by molar-refractivity contribution is -0.141. The summed E-state index contributed by atoms with van der Waals surface area (Å²) in [7, 11) is 0. The van der Waals surface area contributed by atoms with Crippen molar-refractivity contribution >= 4 is 27.7 Å². The van der Waals surface area contributed by atoms with Crippen LogP contribution in [0.15, 0.2) is 46.9 Å². The number of nitrogens with zero attached hydrogens (tertiary/aromatic N) is 1. The number of β-amino-alcohol motifs (C(OH)–C–C–N with tert-alkyl or cyclic N) is 1. The first-order valence-electron chi connectivity index (χ1n) is 7.96. The largest absolute Gasteiger partial charge is 0.386 e. The van der Waals surface area contributed by atoms with Crippen molar-refractivity contribution < 1.29 is 23.5 Å². The first kappa shape index (κ1) is 18.7. The van der Waals surface area contributed by atoms with E-state index < -0.39 is 35.0 Å². The van der Waals surface area contributed by atoms with E-state index in [-0.39, 0.29) is 18.5 Å². The van der Waals surface area contributed by atoms with Crippen molar-refractivity contribution in [3.8, 4) is 0 Å². The van der Waals surface area contributed by atoms with E-state index in [9.17, 15) is 23.5 Å². The number of rotatable bonds is 4. The molecule has 1 aliphatic heterocycles. The molecule has 0 bridgehead atoms. The lowest BCUT2D eigenvalue weighted by atomic mass is 9.81. The lowest BCUT2D eigenvalue weighted by Crippen LogP contribution is -2.39. The van der Waals surface area contributed by atoms with Gasteiger partial charge in [-0.25, -0.2) is 8.78 Å². The molecule has 2 atom stereocenters. The molecule has 4 nitrogen and oxygen atoms in total. The predicted molar refractivity (Wildman–Crippen MR) is 94.1 cm³/mol. The van der Waals surface area contributed by atoms with Gasteiger partial charge in [-0.05, 0) is 30.7 Å². The van der Waals surface area contributed by atoms with E-state index in [1.807, 2.05) is 0 Å². The van der Waals surface area contributed by atoms with Gasteiger partial charge in [-0.15, -0.1) is 0 Å². The monoisotopic (exact) mass is 423 g/mol. The Bertz CT molecular complexity index is 872. The van der Waals surface area contributed by atoms with E-state index in [0.717, 1.165) is 21.5 Å². The van der Waals surface area contributed by atoms with Gasteiger partial charge in [0.15, 0.2) is 0 Å². The van der Waals surface area contributed by atoms with Crippen LogP contribution < -0.4 is 0 Å². The van der Waals surface area contributed by atoms with Crippen molar-refractivity contribution in [3.63, 3.8) is 0 Å². The number of halogens is 3. The SMILES string of the molecule is CC1(c2ccc(Br)cc2)CC(=O)N(CC(O)c2ccc(F)cc2F)C1=O. The maximum absolute atomic E-state index is 13.8. The third kappa shape index (κ3) is 3.29. The molecule has 1 saturated heterocycles. The molecule has 1 aliphatic rings. The zero-order valence-corrected chi connectivity index (χ0v) is 15.5. The fraction of sp³-hybridized carbons (Fsp3) is 0.263. The van der Waals surface area contributed by atoms with Crippen LogP contribution >= 0.6 is 15.9 Å². The molecule has 136 valence electrons. The van der Waals surface area contributed by atoms with Crippen molar-refractivity contribution in [2.75, 3.05) is 6.54 Å². The number of aliphatic hydroxyl groups is 1. The van der Waals surface area contributed by atoms with Gasteiger partial charge in [-0.1, -0.05) is 34.1 Å². The number of likely N-dealkylation sites (tertiary alicyclic amines) is 1. The molecular weight excluding hydrogens is 408 g/mol. The molecule has 0 spiro atoms. The Morgan fingerprint density at radius 3 is 2.46 bits per heavy atom. The molecule has 2 aromatic rings. The second kappa shape index (κ2) is 6.89. The van der Waals surface area contributed by atoms with Crippen LogP contribution in [0.2, 0.25) is 0 Å². The number of carbonyl (C=O) groups is 2. The van der Waals surface area contributed by atoms with Gasteiger partial charge < -0.3 is 5.11 Å². The molecule has 0 radical (unpaired) electrons. The molecule has 2 aromatic carbocycles. The quantitative estimate of drug-likeness (QED) is 0.765. The number of aliphatic hydroxyl groups excluding tert-OH is 1. The van der Waals surface area contributed by atoms with E-state index in [1.54, 1.807) is 31.2 Å². The third-order valence-electron chi connectivity index (χ3n) is 4.68. The van der Waals surface area contributed by atoms with Crippen molar-refractivity contribution in [2.24, 2.45) is 0 Å². The molecule has 2 unspecified atom stereocenters. The van der Waals surface area contributed by atoms with Gasteiger partial charge in [0, 0.05) is 22.5 Å². The van der Waals surface area contributed by atoms with Crippen LogP contribution in [-0.2, 0) is 15.0 Å². The molecule has 26 heavy (non-hydrogen) atoms. The number of amides is 2. The molecule has 2 amide bonds. The first-order valence-corrected chi connectivity index (χ1v) is 8.75. The summed E-state index contributed by atoms with van der Waals surface area (Å²) in [4.78, 5) is 26.2. The topological polar surface area (TPSA) is 57.6 Å². The zero-order chi connectivity index (χ0) is 19.1. The minimum Gasteiger partial charge on any atom is -0.386 e. The molecule has 0 aliphatic carbocycles. The van der Waals surface area contributed by atoms with Crippen LogP contribution in [0.1, 0.15) is 30.6 Å². The average Bonchev–Trinajstić information content (AvgIpc) is 2.79. The summed E-state index contributed by atoms with van der Waals surface area (Å²) < 4.78 is 27.7. The second-order valence-electron chi connectivity index (χ2n) is 6.51. The van der Waals surface area contributed by atoms with Crippen LogP contribution in [0.25, 0.3) is 0 Å². The maximum Gasteiger partial charge on any atom is 0.240 e. The highest BCUT2D eigenvalue weighted by molar-refractivity contribution is 9.10. The van der Waals surface area contributed by atoms with Crippen molar-refractivity contribution in [2.45, 2.75) is 24.9 Å². The summed E-state index contributed by atoms with van der Waals surface area (Å²) >= 11 is 3.32. The number of hydrogen-bond acceptors (Lipinski definition) is 3. The summed E-state index contributed by atoms with van der Waals surface area (Å²) in [6, 6.07) is 9.85. The fourth-order valence-corrected chi connectivity index (χ4v) is 3.42. The Labute approximate surface area is 157 Å². The van der Waals surface area contributed by atoms with Crippen LogP contribution in [0, 0.1) is 11.6 Å². The Kier molecular flexibility index (Phi) is 4.94. The van der Waals surface area contributed by atoms with Crippen molar-refractivity contribution in [1.82, 2.24) is 4.90 Å². The van der Waals surface area contributed by atoms with Gasteiger partial charge in [0.1, 0.15) is 11.6 Å². The number of carbonyl (C=O) groups excluding carboxylic acids is 2. The molecule has 1 N–H and O–H groups in total. The molecular formula is C19H16BrF2NO3. The number of imide groups is 1. The smallest absolute Gasteiger partial charge is 0.240 e. The van der Waals surface area contributed by atoms with Gasteiger partial charge in [-0.2, -0.15) is 0 Å². The summed E-state index contributed by atoms with van der Waals surface area (Å²) in [6.07, 6.45) is -1.47. The van der Waals surface area contributed by atoms with E-state index >= 15 is 0 Å². The summed E-state index contributed by atoms with van der Waals surface area (Å²) in [5.74, 6) is -2.59. The second-order valence-corrected chi connectivity index (χ2v) is 7.42. The van der Waals surface area contributed by atoms with Gasteiger partial charge >= 0.3 is 0 Å². The first-order chi connectivity index (χ1) is 12.2. The Hall–Kier alpha value is -2.12. The van der Waals surface area contributed by atoms with Gasteiger partial charge in [0.05, 0.1) is 18.1 Å². The molecule has 3 rings (SSSR count). The minimum atomic E-state index is -1.43. The lowest BCUT2D eigenvalue weighted by Gasteiger charge is -2.24. The fourth-order valence-electron chi connectivity index (χ4n) is 3.16. The highest BCUT2D eigenvalue weighted by atomic mass is 79.9. The van der Waals surface area contributed by atoms with Gasteiger partial charge in [0.2, 0.25) is 11.8 Å². The predicted octanol–water partition coefficient (Wildman–Crippen LogP) is 3.48. The van der Waals surface area contributed by atoms with Crippen LogP contribution in [-0.4, -0.2) is 28.4 Å². The molecule has 1 heterocycles. The Morgan fingerprint density at radius 1 is 1.19 bits per heavy atom. The van der Waals surface area contributed by atoms with Crippen molar-refractivity contribution in [1.29, 1.82) is 0 Å². The Morgan fingerprint density at radius 2 is 1.85 bits per heavy atom. The average molecular weight is 424 g/mol. The normalized spacial score (nSPS) is 21.3. The van der Waals surface area contributed by atoms with E-state index in [1.165, 1.54) is 0 Å². The third-order valence-corrected chi connectivity index (χ3v) is 5.21. The van der Waals surface area contributed by atoms with E-state index in [2.05, 4.69) is 15.9 Å². The maximum atomic E-state index is 13.8. The van der Waals surface area contributed by atoms with Crippen molar-refractivity contribution in [3.05, 3.63) is 69.7 Å². The van der Waals surface area contributed by atoms with E-state index in [0.29, 0.717) is 11.6 Å². The highest BCUT2D eigenvalue weighted by Gasteiger charge is 2.49. The van der Waals surface area contributed by atoms with Gasteiger partial charge in [-0.3, -0.25) is 14.5 Å². The Balaban J connectivity index is 1.84. The highest BCUT2D eigenvalue weighted by Crippen LogP contribution is 2.37. The molecule has 0 saturated carbocycles. The molecule has 0 aromatic heterocycles. The number of benzene rings is 2. The standard InChI is InChI=1S/C19H16BrF2NO3/c1-19(11-2-4-12(20)5-3-11)9-17(25)23(18(19)26)10-16(24)14-7-6-13(21)8-15(14)22/h2-8,16,24H,9-10H2,1H3. The van der Waals surface area contributed by atoms with Crippen LogP contribution in [0.4, 0.5) is 8.78 Å². The van der Waals surface area contributed by atoms with Gasteiger partial charge in [0.25, 0.3) is 0 Å². The molecule has 7 heteroatoms. The summed E-state index contributed by atoms with van der Waals surface area (Å²) in [5, 5.41) is 10.3. The zero-order valence-electron chi connectivity index (χ0n) is 13.9. The number of hydrogen-bond donors (Lipinski definition) is 1.